The van der Waals surface area contributed by atoms with Crippen molar-refractivity contribution >= 4 is 5.97 Å². The first-order chi connectivity index (χ1) is 8.97. The highest BCUT2D eigenvalue weighted by Crippen LogP contribution is 2.25. The lowest BCUT2D eigenvalue weighted by Gasteiger charge is -2.29. The molecule has 0 amide bonds. The number of carboxylic acids is 1. The molecule has 0 bridgehead atoms. The Morgan fingerprint density at radius 1 is 1.42 bits per heavy atom. The molecule has 0 aromatic carbocycles. The molecule has 1 aromatic heterocycles. The smallest absolute Gasteiger partial charge is 0.341 e. The second-order valence-electron chi connectivity index (χ2n) is 5.15. The van der Waals surface area contributed by atoms with Gasteiger partial charge in [-0.25, -0.2) is 4.79 Å². The van der Waals surface area contributed by atoms with Crippen LogP contribution in [0.1, 0.15) is 34.6 Å². The maximum absolute atomic E-state index is 11.3. The molecule has 1 N–H and O–H groups in total. The van der Waals surface area contributed by atoms with Gasteiger partial charge in [0.1, 0.15) is 17.4 Å². The summed E-state index contributed by atoms with van der Waals surface area (Å²) in [5, 5.41) is 9.28. The fourth-order valence-corrected chi connectivity index (χ4v) is 2.43. The van der Waals surface area contributed by atoms with E-state index < -0.39 is 5.97 Å². The van der Waals surface area contributed by atoms with E-state index in [1.165, 1.54) is 0 Å². The SMILES string of the molecule is Cc1cc(OC2CCN(C)CC2)c(C(=O)O)c(C)n1. The summed E-state index contributed by atoms with van der Waals surface area (Å²) in [6.45, 7) is 5.52. The van der Waals surface area contributed by atoms with E-state index in [0.717, 1.165) is 31.6 Å². The van der Waals surface area contributed by atoms with Crippen molar-refractivity contribution in [1.29, 1.82) is 0 Å². The Balaban J connectivity index is 2.21. The largest absolute Gasteiger partial charge is 0.489 e. The number of carbonyl (C=O) groups is 1. The van der Waals surface area contributed by atoms with Crippen molar-refractivity contribution in [3.05, 3.63) is 23.0 Å². The summed E-state index contributed by atoms with van der Waals surface area (Å²) in [7, 11) is 2.08. The highest BCUT2D eigenvalue weighted by Gasteiger charge is 2.22. The summed E-state index contributed by atoms with van der Waals surface area (Å²) in [4.78, 5) is 17.8. The van der Waals surface area contributed by atoms with Gasteiger partial charge in [0.25, 0.3) is 0 Å². The number of carboxylic acid groups (broad SMARTS) is 1. The molecule has 0 aliphatic carbocycles. The Morgan fingerprint density at radius 2 is 2.05 bits per heavy atom. The number of aromatic carboxylic acids is 1. The molecule has 1 aromatic rings. The molecule has 104 valence electrons. The third kappa shape index (κ3) is 3.23. The fourth-order valence-electron chi connectivity index (χ4n) is 2.43. The number of hydrogen-bond acceptors (Lipinski definition) is 4. The van der Waals surface area contributed by atoms with Gasteiger partial charge >= 0.3 is 5.97 Å². The van der Waals surface area contributed by atoms with E-state index in [9.17, 15) is 9.90 Å². The topological polar surface area (TPSA) is 62.7 Å². The van der Waals surface area contributed by atoms with Crippen molar-refractivity contribution in [3.63, 3.8) is 0 Å². The quantitative estimate of drug-likeness (QED) is 0.903. The first-order valence-electron chi connectivity index (χ1n) is 6.54. The number of piperidine rings is 1. The lowest BCUT2D eigenvalue weighted by molar-refractivity contribution is 0.0679. The third-order valence-electron chi connectivity index (χ3n) is 3.47. The molecule has 5 nitrogen and oxygen atoms in total. The van der Waals surface area contributed by atoms with Crippen LogP contribution in [-0.4, -0.2) is 47.2 Å². The average molecular weight is 264 g/mol. The van der Waals surface area contributed by atoms with Crippen LogP contribution in [0, 0.1) is 13.8 Å². The Kier molecular flexibility index (Phi) is 4.04. The minimum atomic E-state index is -0.979. The molecule has 0 saturated carbocycles. The van der Waals surface area contributed by atoms with Gasteiger partial charge in [-0.05, 0) is 33.7 Å². The van der Waals surface area contributed by atoms with Crippen LogP contribution in [0.5, 0.6) is 5.75 Å². The van der Waals surface area contributed by atoms with Crippen LogP contribution in [0.4, 0.5) is 0 Å². The Bertz CT molecular complexity index is 480. The summed E-state index contributed by atoms with van der Waals surface area (Å²) in [5.74, 6) is -0.528. The first-order valence-corrected chi connectivity index (χ1v) is 6.54. The summed E-state index contributed by atoms with van der Waals surface area (Å²) in [5.41, 5.74) is 1.48. The summed E-state index contributed by atoms with van der Waals surface area (Å²) in [6, 6.07) is 1.72. The van der Waals surface area contributed by atoms with E-state index >= 15 is 0 Å². The highest BCUT2D eigenvalue weighted by atomic mass is 16.5. The zero-order valence-corrected chi connectivity index (χ0v) is 11.6. The fraction of sp³-hybridized carbons (Fsp3) is 0.571. The molecular formula is C14H20N2O3. The number of rotatable bonds is 3. The normalized spacial score (nSPS) is 17.4. The lowest BCUT2D eigenvalue weighted by Crippen LogP contribution is -2.36. The van der Waals surface area contributed by atoms with Crippen LogP contribution < -0.4 is 4.74 Å². The minimum Gasteiger partial charge on any atom is -0.489 e. The second kappa shape index (κ2) is 5.57. The predicted molar refractivity (Wildman–Crippen MR) is 71.8 cm³/mol. The minimum absolute atomic E-state index is 0.0931. The van der Waals surface area contributed by atoms with Crippen molar-refractivity contribution in [2.24, 2.45) is 0 Å². The van der Waals surface area contributed by atoms with Crippen LogP contribution in [0.3, 0.4) is 0 Å². The van der Waals surface area contributed by atoms with Crippen LogP contribution in [0.25, 0.3) is 0 Å². The van der Waals surface area contributed by atoms with E-state index in [2.05, 4.69) is 16.9 Å². The highest BCUT2D eigenvalue weighted by molar-refractivity contribution is 5.92. The van der Waals surface area contributed by atoms with Gasteiger partial charge in [-0.3, -0.25) is 4.98 Å². The third-order valence-corrected chi connectivity index (χ3v) is 3.47. The number of hydrogen-bond donors (Lipinski definition) is 1. The zero-order valence-electron chi connectivity index (χ0n) is 11.6. The summed E-state index contributed by atoms with van der Waals surface area (Å²) < 4.78 is 5.91. The van der Waals surface area contributed by atoms with Gasteiger partial charge in [0.05, 0.1) is 5.69 Å². The molecule has 0 radical (unpaired) electrons. The van der Waals surface area contributed by atoms with Crippen molar-refractivity contribution < 1.29 is 14.6 Å². The Hall–Kier alpha value is -1.62. The average Bonchev–Trinajstić information content (AvgIpc) is 2.30. The van der Waals surface area contributed by atoms with Crippen molar-refractivity contribution in [2.45, 2.75) is 32.8 Å². The van der Waals surface area contributed by atoms with E-state index in [1.807, 2.05) is 6.92 Å². The maximum Gasteiger partial charge on any atom is 0.341 e. The molecule has 2 rings (SSSR count). The van der Waals surface area contributed by atoms with Gasteiger partial charge in [0.2, 0.25) is 0 Å². The standard InChI is InChI=1S/C14H20N2O3/c1-9-8-12(13(14(17)18)10(2)15-9)19-11-4-6-16(3)7-5-11/h8,11H,4-7H2,1-3H3,(H,17,18). The molecule has 19 heavy (non-hydrogen) atoms. The van der Waals surface area contributed by atoms with Gasteiger partial charge in [0.15, 0.2) is 0 Å². The Morgan fingerprint density at radius 3 is 2.63 bits per heavy atom. The van der Waals surface area contributed by atoms with Crippen molar-refractivity contribution in [1.82, 2.24) is 9.88 Å². The number of nitrogens with zero attached hydrogens (tertiary/aromatic N) is 2. The summed E-state index contributed by atoms with van der Waals surface area (Å²) >= 11 is 0. The number of aromatic nitrogens is 1. The van der Waals surface area contributed by atoms with Crippen LogP contribution >= 0.6 is 0 Å². The van der Waals surface area contributed by atoms with Gasteiger partial charge in [0, 0.05) is 24.8 Å². The molecule has 0 atom stereocenters. The van der Waals surface area contributed by atoms with E-state index in [0.29, 0.717) is 11.4 Å². The van der Waals surface area contributed by atoms with Crippen LogP contribution in [0.2, 0.25) is 0 Å². The molecule has 0 unspecified atom stereocenters. The second-order valence-corrected chi connectivity index (χ2v) is 5.15. The number of ether oxygens (including phenoxy) is 1. The van der Waals surface area contributed by atoms with Gasteiger partial charge in [-0.15, -0.1) is 0 Å². The number of pyridine rings is 1. The molecule has 2 heterocycles. The van der Waals surface area contributed by atoms with Crippen molar-refractivity contribution in [2.75, 3.05) is 20.1 Å². The van der Waals surface area contributed by atoms with Crippen LogP contribution in [-0.2, 0) is 0 Å². The molecule has 1 fully saturated rings. The first kappa shape index (κ1) is 13.8. The van der Waals surface area contributed by atoms with E-state index in [4.69, 9.17) is 4.74 Å². The predicted octanol–water partition coefficient (Wildman–Crippen LogP) is 1.87. The van der Waals surface area contributed by atoms with Crippen molar-refractivity contribution in [3.8, 4) is 5.75 Å². The lowest BCUT2D eigenvalue weighted by atomic mass is 10.1. The molecular weight excluding hydrogens is 244 g/mol. The van der Waals surface area contributed by atoms with E-state index in [-0.39, 0.29) is 11.7 Å². The maximum atomic E-state index is 11.3. The Labute approximate surface area is 113 Å². The molecule has 5 heteroatoms. The molecule has 1 saturated heterocycles. The number of aryl methyl sites for hydroxylation is 2. The van der Waals surface area contributed by atoms with E-state index in [1.54, 1.807) is 13.0 Å². The number of likely N-dealkylation sites (tertiary alicyclic amines) is 1. The molecule has 0 spiro atoms. The zero-order chi connectivity index (χ0) is 14.0. The molecule has 1 aliphatic heterocycles. The van der Waals surface area contributed by atoms with Gasteiger partial charge < -0.3 is 14.7 Å². The molecule has 1 aliphatic rings. The van der Waals surface area contributed by atoms with Crippen LogP contribution in [0.15, 0.2) is 6.07 Å². The van der Waals surface area contributed by atoms with Gasteiger partial charge in [-0.2, -0.15) is 0 Å². The summed E-state index contributed by atoms with van der Waals surface area (Å²) in [6.07, 6.45) is 1.95. The van der Waals surface area contributed by atoms with Gasteiger partial charge in [-0.1, -0.05) is 0 Å². The monoisotopic (exact) mass is 264 g/mol.